The fourth-order valence-corrected chi connectivity index (χ4v) is 3.98. The summed E-state index contributed by atoms with van der Waals surface area (Å²) in [5.41, 5.74) is 0.776. The molecule has 0 fully saturated rings. The summed E-state index contributed by atoms with van der Waals surface area (Å²) in [5, 5.41) is 10.6. The largest absolute Gasteiger partial charge is 0.503 e. The lowest BCUT2D eigenvalue weighted by atomic mass is 9.95. The Hall–Kier alpha value is -3.13. The van der Waals surface area contributed by atoms with Crippen LogP contribution in [0.25, 0.3) is 0 Å². The van der Waals surface area contributed by atoms with E-state index in [9.17, 15) is 14.7 Å². The van der Waals surface area contributed by atoms with Crippen LogP contribution in [0.1, 0.15) is 28.6 Å². The van der Waals surface area contributed by atoms with Gasteiger partial charge in [-0.3, -0.25) is 14.6 Å². The number of carbonyl (C=O) groups is 2. The number of benzene rings is 1. The average molecular weight is 457 g/mol. The van der Waals surface area contributed by atoms with E-state index in [0.717, 1.165) is 10.0 Å². The molecule has 0 aliphatic carbocycles. The third-order valence-electron chi connectivity index (χ3n) is 4.88. The fourth-order valence-electron chi connectivity index (χ4n) is 3.56. The zero-order valence-electron chi connectivity index (χ0n) is 15.4. The van der Waals surface area contributed by atoms with Gasteiger partial charge in [-0.2, -0.15) is 0 Å². The quantitative estimate of drug-likeness (QED) is 0.421. The Balaban J connectivity index is 1.67. The van der Waals surface area contributed by atoms with E-state index in [2.05, 4.69) is 20.9 Å². The molecule has 1 aliphatic heterocycles. The SMILES string of the molecule is O=C(C1=C(O)C(=O)N(CCC[n+]2cc[nH]c2)C1c1cccc(Br)c1)c1ccco1. The highest BCUT2D eigenvalue weighted by Crippen LogP contribution is 2.39. The maximum Gasteiger partial charge on any atom is 0.290 e. The molecule has 0 radical (unpaired) electrons. The minimum atomic E-state index is -0.686. The molecule has 7 nitrogen and oxygen atoms in total. The van der Waals surface area contributed by atoms with Crippen molar-refractivity contribution in [1.29, 1.82) is 0 Å². The number of aromatic amines is 1. The van der Waals surface area contributed by atoms with Crippen LogP contribution in [0.4, 0.5) is 0 Å². The van der Waals surface area contributed by atoms with Crippen molar-refractivity contribution in [3.8, 4) is 0 Å². The predicted octanol–water partition coefficient (Wildman–Crippen LogP) is 3.33. The van der Waals surface area contributed by atoms with Gasteiger partial charge in [0.15, 0.2) is 11.5 Å². The Morgan fingerprint density at radius 1 is 1.31 bits per heavy atom. The lowest BCUT2D eigenvalue weighted by molar-refractivity contribution is -0.695. The van der Waals surface area contributed by atoms with Crippen LogP contribution < -0.4 is 4.57 Å². The first-order valence-electron chi connectivity index (χ1n) is 9.16. The molecular formula is C21H19BrN3O4+. The van der Waals surface area contributed by atoms with Gasteiger partial charge in [-0.1, -0.05) is 28.1 Å². The van der Waals surface area contributed by atoms with Crippen molar-refractivity contribution in [2.45, 2.75) is 19.0 Å². The number of furan rings is 1. The molecule has 8 heteroatoms. The number of Topliss-reactive ketones (excluding diaryl/α,β-unsaturated/α-hetero) is 1. The molecule has 2 aromatic heterocycles. The van der Waals surface area contributed by atoms with E-state index in [4.69, 9.17) is 4.42 Å². The lowest BCUT2D eigenvalue weighted by Gasteiger charge is -2.26. The molecule has 1 amide bonds. The highest BCUT2D eigenvalue weighted by atomic mass is 79.9. The van der Waals surface area contributed by atoms with Gasteiger partial charge in [0.25, 0.3) is 5.91 Å². The summed E-state index contributed by atoms with van der Waals surface area (Å²) in [6, 6.07) is 9.82. The van der Waals surface area contributed by atoms with Crippen molar-refractivity contribution in [1.82, 2.24) is 9.88 Å². The van der Waals surface area contributed by atoms with Crippen molar-refractivity contribution in [2.24, 2.45) is 0 Å². The zero-order valence-corrected chi connectivity index (χ0v) is 17.0. The van der Waals surface area contributed by atoms with Gasteiger partial charge in [-0.25, -0.2) is 4.57 Å². The summed E-state index contributed by atoms with van der Waals surface area (Å²) in [6.45, 7) is 1.08. The third-order valence-corrected chi connectivity index (χ3v) is 5.37. The summed E-state index contributed by atoms with van der Waals surface area (Å²) in [6.07, 6.45) is 7.60. The van der Waals surface area contributed by atoms with Gasteiger partial charge in [0.1, 0.15) is 12.4 Å². The van der Waals surface area contributed by atoms with Crippen LogP contribution in [0.15, 0.2) is 81.6 Å². The Morgan fingerprint density at radius 2 is 2.17 bits per heavy atom. The number of hydrogen-bond acceptors (Lipinski definition) is 4. The molecule has 0 saturated heterocycles. The number of ketones is 1. The van der Waals surface area contributed by atoms with Crippen LogP contribution in [0, 0.1) is 0 Å². The van der Waals surface area contributed by atoms with E-state index < -0.39 is 23.5 Å². The first-order chi connectivity index (χ1) is 14.1. The van der Waals surface area contributed by atoms with Crippen LogP contribution in [-0.2, 0) is 11.3 Å². The Morgan fingerprint density at radius 3 is 2.86 bits per heavy atom. The molecule has 1 atom stereocenters. The second kappa shape index (κ2) is 8.08. The molecule has 2 N–H and O–H groups in total. The number of aliphatic hydroxyl groups excluding tert-OH is 1. The van der Waals surface area contributed by atoms with E-state index in [1.165, 1.54) is 12.3 Å². The molecule has 148 valence electrons. The third kappa shape index (κ3) is 3.75. The van der Waals surface area contributed by atoms with Gasteiger partial charge in [0, 0.05) is 17.4 Å². The maximum absolute atomic E-state index is 13.0. The normalized spacial score (nSPS) is 16.7. The highest BCUT2D eigenvalue weighted by Gasteiger charge is 2.44. The van der Waals surface area contributed by atoms with Crippen molar-refractivity contribution in [3.63, 3.8) is 0 Å². The second-order valence-corrected chi connectivity index (χ2v) is 7.64. The minimum absolute atomic E-state index is 0.0392. The molecule has 3 heterocycles. The predicted molar refractivity (Wildman–Crippen MR) is 107 cm³/mol. The summed E-state index contributed by atoms with van der Waals surface area (Å²) < 4.78 is 8.01. The maximum atomic E-state index is 13.0. The summed E-state index contributed by atoms with van der Waals surface area (Å²) in [7, 11) is 0. The van der Waals surface area contributed by atoms with E-state index >= 15 is 0 Å². The number of hydrogen-bond donors (Lipinski definition) is 2. The Bertz CT molecular complexity index is 1060. The van der Waals surface area contributed by atoms with Gasteiger partial charge in [-0.05, 0) is 29.8 Å². The first-order valence-corrected chi connectivity index (χ1v) is 9.95. The molecule has 4 rings (SSSR count). The second-order valence-electron chi connectivity index (χ2n) is 6.73. The molecule has 1 aliphatic rings. The number of nitrogens with zero attached hydrogens (tertiary/aromatic N) is 2. The molecule has 0 bridgehead atoms. The van der Waals surface area contributed by atoms with E-state index in [0.29, 0.717) is 19.5 Å². The van der Waals surface area contributed by atoms with Crippen molar-refractivity contribution >= 4 is 27.6 Å². The topological polar surface area (TPSA) is 90.4 Å². The molecule has 1 aromatic carbocycles. The molecular weight excluding hydrogens is 438 g/mol. The van der Waals surface area contributed by atoms with Gasteiger partial charge in [0.05, 0.1) is 24.4 Å². The number of imidazole rings is 1. The number of aryl methyl sites for hydroxylation is 1. The highest BCUT2D eigenvalue weighted by molar-refractivity contribution is 9.10. The van der Waals surface area contributed by atoms with Crippen LogP contribution >= 0.6 is 15.9 Å². The molecule has 1 unspecified atom stereocenters. The molecule has 0 spiro atoms. The standard InChI is InChI=1S/C21H18BrN3O4/c22-15-5-1-4-14(12-15)18-17(19(26)16-6-2-11-29-16)20(27)21(28)25(18)9-3-8-24-10-7-23-13-24/h1-2,4-7,10-13,18H,3,8-9H2,(H,26,27)/p+1. The molecule has 3 aromatic rings. The van der Waals surface area contributed by atoms with Crippen molar-refractivity contribution in [3.05, 3.63) is 88.5 Å². The number of amides is 1. The summed E-state index contributed by atoms with van der Waals surface area (Å²) in [5.74, 6) is -1.48. The Labute approximate surface area is 175 Å². The number of rotatable bonds is 7. The van der Waals surface area contributed by atoms with Crippen LogP contribution in [0.3, 0.4) is 0 Å². The number of nitrogens with one attached hydrogen (secondary N) is 1. The zero-order chi connectivity index (χ0) is 20.4. The number of halogens is 1. The van der Waals surface area contributed by atoms with Gasteiger partial charge >= 0.3 is 0 Å². The Kier molecular flexibility index (Phi) is 5.35. The fraction of sp³-hybridized carbons (Fsp3) is 0.190. The van der Waals surface area contributed by atoms with E-state index in [1.807, 2.05) is 47.6 Å². The van der Waals surface area contributed by atoms with E-state index in [-0.39, 0.29) is 11.3 Å². The lowest BCUT2D eigenvalue weighted by Crippen LogP contribution is -2.36. The van der Waals surface area contributed by atoms with Crippen LogP contribution in [0.5, 0.6) is 0 Å². The number of H-pyrrole nitrogens is 1. The summed E-state index contributed by atoms with van der Waals surface area (Å²) in [4.78, 5) is 30.4. The number of aromatic nitrogens is 2. The van der Waals surface area contributed by atoms with Gasteiger partial charge in [-0.15, -0.1) is 0 Å². The number of carbonyl (C=O) groups excluding carboxylic acids is 2. The number of aliphatic hydroxyl groups is 1. The minimum Gasteiger partial charge on any atom is -0.503 e. The summed E-state index contributed by atoms with van der Waals surface area (Å²) >= 11 is 3.44. The molecule has 29 heavy (non-hydrogen) atoms. The first kappa shape index (κ1) is 19.2. The monoisotopic (exact) mass is 456 g/mol. The van der Waals surface area contributed by atoms with Crippen molar-refractivity contribution < 1.29 is 23.7 Å². The van der Waals surface area contributed by atoms with Gasteiger partial charge < -0.3 is 14.4 Å². The van der Waals surface area contributed by atoms with Gasteiger partial charge in [0.2, 0.25) is 12.1 Å². The smallest absolute Gasteiger partial charge is 0.290 e. The van der Waals surface area contributed by atoms with Crippen LogP contribution in [0.2, 0.25) is 0 Å². The average Bonchev–Trinajstić information content (AvgIpc) is 3.46. The molecule has 0 saturated carbocycles. The van der Waals surface area contributed by atoms with E-state index in [1.54, 1.807) is 11.0 Å². The van der Waals surface area contributed by atoms with Crippen LogP contribution in [-0.4, -0.2) is 33.2 Å². The van der Waals surface area contributed by atoms with Crippen molar-refractivity contribution in [2.75, 3.05) is 6.54 Å².